The van der Waals surface area contributed by atoms with E-state index in [2.05, 4.69) is 56.6 Å². The van der Waals surface area contributed by atoms with Crippen LogP contribution in [0.25, 0.3) is 0 Å². The van der Waals surface area contributed by atoms with Crippen molar-refractivity contribution < 1.29 is 4.74 Å². The van der Waals surface area contributed by atoms with Crippen LogP contribution in [0.2, 0.25) is 0 Å². The largest absolute Gasteiger partial charge is 0.379 e. The van der Waals surface area contributed by atoms with Crippen LogP contribution in [0.1, 0.15) is 24.5 Å². The Hall–Kier alpha value is -0.900. The number of rotatable bonds is 7. The summed E-state index contributed by atoms with van der Waals surface area (Å²) in [4.78, 5) is 9.39. The van der Waals surface area contributed by atoms with Crippen molar-refractivity contribution in [2.75, 3.05) is 59.5 Å². The van der Waals surface area contributed by atoms with Gasteiger partial charge in [0.05, 0.1) is 13.2 Å². The van der Waals surface area contributed by atoms with Crippen LogP contribution < -0.4 is 10.6 Å². The van der Waals surface area contributed by atoms with Gasteiger partial charge in [0.15, 0.2) is 5.96 Å². The number of morpholine rings is 1. The third kappa shape index (κ3) is 7.17. The molecule has 3 rings (SSSR count). The summed E-state index contributed by atoms with van der Waals surface area (Å²) < 4.78 is 5.46. The number of guanidine groups is 1. The number of nitrogens with one attached hydrogen (secondary N) is 2. The van der Waals surface area contributed by atoms with Crippen molar-refractivity contribution >= 4 is 29.9 Å². The van der Waals surface area contributed by atoms with Gasteiger partial charge in [-0.25, -0.2) is 0 Å². The van der Waals surface area contributed by atoms with Crippen LogP contribution in [-0.2, 0) is 17.8 Å². The predicted octanol–water partition coefficient (Wildman–Crippen LogP) is 2.14. The van der Waals surface area contributed by atoms with Gasteiger partial charge in [0.25, 0.3) is 0 Å². The minimum atomic E-state index is 0. The van der Waals surface area contributed by atoms with Gasteiger partial charge < -0.3 is 20.3 Å². The van der Waals surface area contributed by atoms with Crippen LogP contribution in [0.4, 0.5) is 0 Å². The number of halogens is 1. The Kier molecular flexibility index (Phi) is 10.5. The van der Waals surface area contributed by atoms with E-state index in [1.807, 2.05) is 7.05 Å². The standard InChI is InChI=1S/C21H35N5O.HI/c1-3-25-9-8-18(16-25)14-23-21(22-2)24-15-19-6-4-5-7-20(19)17-26-10-12-27-13-11-26;/h4-7,18H,3,8-17H2,1-2H3,(H2,22,23,24);1H. The summed E-state index contributed by atoms with van der Waals surface area (Å²) in [6.07, 6.45) is 1.28. The fourth-order valence-corrected chi connectivity index (χ4v) is 3.89. The molecule has 2 N–H and O–H groups in total. The predicted molar refractivity (Wildman–Crippen MR) is 126 cm³/mol. The molecule has 0 saturated carbocycles. The van der Waals surface area contributed by atoms with E-state index in [0.29, 0.717) is 0 Å². The van der Waals surface area contributed by atoms with Gasteiger partial charge in [-0.15, -0.1) is 24.0 Å². The molecule has 158 valence electrons. The smallest absolute Gasteiger partial charge is 0.191 e. The molecular weight excluding hydrogens is 465 g/mol. The number of ether oxygens (including phenoxy) is 1. The Balaban J connectivity index is 0.00000280. The topological polar surface area (TPSA) is 52.1 Å². The molecule has 28 heavy (non-hydrogen) atoms. The Morgan fingerprint density at radius 3 is 2.54 bits per heavy atom. The monoisotopic (exact) mass is 501 g/mol. The van der Waals surface area contributed by atoms with E-state index in [1.54, 1.807) is 0 Å². The summed E-state index contributed by atoms with van der Waals surface area (Å²) in [5, 5.41) is 7.01. The van der Waals surface area contributed by atoms with Gasteiger partial charge in [-0.05, 0) is 36.6 Å². The van der Waals surface area contributed by atoms with Crippen molar-refractivity contribution in [3.63, 3.8) is 0 Å². The molecule has 2 aliphatic heterocycles. The van der Waals surface area contributed by atoms with E-state index in [4.69, 9.17) is 4.74 Å². The lowest BCUT2D eigenvalue weighted by Crippen LogP contribution is -2.40. The summed E-state index contributed by atoms with van der Waals surface area (Å²) in [6, 6.07) is 8.70. The second-order valence-electron chi connectivity index (χ2n) is 7.51. The van der Waals surface area contributed by atoms with Crippen molar-refractivity contribution in [3.8, 4) is 0 Å². The number of hydrogen-bond acceptors (Lipinski definition) is 4. The normalized spacial score (nSPS) is 21.4. The zero-order valence-corrected chi connectivity index (χ0v) is 19.7. The average molecular weight is 501 g/mol. The minimum absolute atomic E-state index is 0. The average Bonchev–Trinajstić information content (AvgIpc) is 3.18. The van der Waals surface area contributed by atoms with Gasteiger partial charge in [0.2, 0.25) is 0 Å². The first kappa shape index (κ1) is 23.4. The first-order valence-corrected chi connectivity index (χ1v) is 10.3. The zero-order valence-electron chi connectivity index (χ0n) is 17.3. The SMILES string of the molecule is CCN1CCC(CNC(=NC)NCc2ccccc2CN2CCOCC2)C1.I. The Morgan fingerprint density at radius 2 is 1.86 bits per heavy atom. The van der Waals surface area contributed by atoms with Gasteiger partial charge in [0.1, 0.15) is 0 Å². The summed E-state index contributed by atoms with van der Waals surface area (Å²) in [7, 11) is 1.85. The van der Waals surface area contributed by atoms with Crippen molar-refractivity contribution in [1.82, 2.24) is 20.4 Å². The highest BCUT2D eigenvalue weighted by Gasteiger charge is 2.21. The van der Waals surface area contributed by atoms with Gasteiger partial charge in [0, 0.05) is 46.3 Å². The quantitative estimate of drug-likeness (QED) is 0.341. The summed E-state index contributed by atoms with van der Waals surface area (Å²) >= 11 is 0. The van der Waals surface area contributed by atoms with Gasteiger partial charge >= 0.3 is 0 Å². The fourth-order valence-electron chi connectivity index (χ4n) is 3.89. The number of nitrogens with zero attached hydrogens (tertiary/aromatic N) is 3. The molecule has 1 aromatic carbocycles. The molecule has 1 aromatic rings. The number of hydrogen-bond donors (Lipinski definition) is 2. The maximum atomic E-state index is 5.46. The third-order valence-corrected chi connectivity index (χ3v) is 5.66. The molecule has 2 aliphatic rings. The summed E-state index contributed by atoms with van der Waals surface area (Å²) in [5.74, 6) is 1.61. The van der Waals surface area contributed by atoms with E-state index in [1.165, 1.54) is 30.6 Å². The van der Waals surface area contributed by atoms with Gasteiger partial charge in [-0.2, -0.15) is 0 Å². The summed E-state index contributed by atoms with van der Waals surface area (Å²) in [5.41, 5.74) is 2.72. The van der Waals surface area contributed by atoms with Crippen LogP contribution >= 0.6 is 24.0 Å². The second kappa shape index (κ2) is 12.6. The number of aliphatic imine (C=N–C) groups is 1. The lowest BCUT2D eigenvalue weighted by atomic mass is 10.1. The summed E-state index contributed by atoms with van der Waals surface area (Å²) in [6.45, 7) is 12.3. The van der Waals surface area contributed by atoms with Crippen molar-refractivity contribution in [2.45, 2.75) is 26.4 Å². The van der Waals surface area contributed by atoms with Crippen molar-refractivity contribution in [2.24, 2.45) is 10.9 Å². The Labute approximate surface area is 187 Å². The third-order valence-electron chi connectivity index (χ3n) is 5.66. The molecular formula is C21H36IN5O. The molecule has 0 aromatic heterocycles. The second-order valence-corrected chi connectivity index (χ2v) is 7.51. The van der Waals surface area contributed by atoms with Crippen LogP contribution in [0.15, 0.2) is 29.3 Å². The molecule has 7 heteroatoms. The maximum Gasteiger partial charge on any atom is 0.191 e. The van der Waals surface area contributed by atoms with Crippen molar-refractivity contribution in [1.29, 1.82) is 0 Å². The molecule has 1 unspecified atom stereocenters. The molecule has 0 radical (unpaired) electrons. The van der Waals surface area contributed by atoms with Crippen LogP contribution in [-0.4, -0.2) is 75.3 Å². The van der Waals surface area contributed by atoms with Crippen LogP contribution in [0, 0.1) is 5.92 Å². The molecule has 0 amide bonds. The number of benzene rings is 1. The minimum Gasteiger partial charge on any atom is -0.379 e. The van der Waals surface area contributed by atoms with Gasteiger partial charge in [-0.1, -0.05) is 31.2 Å². The maximum absolute atomic E-state index is 5.46. The molecule has 2 saturated heterocycles. The molecule has 1 atom stereocenters. The molecule has 6 nitrogen and oxygen atoms in total. The molecule has 0 bridgehead atoms. The van der Waals surface area contributed by atoms with E-state index < -0.39 is 0 Å². The highest BCUT2D eigenvalue weighted by atomic mass is 127. The molecule has 2 fully saturated rings. The molecule has 2 heterocycles. The molecule has 0 spiro atoms. The fraction of sp³-hybridized carbons (Fsp3) is 0.667. The highest BCUT2D eigenvalue weighted by Crippen LogP contribution is 2.15. The van der Waals surface area contributed by atoms with Crippen LogP contribution in [0.3, 0.4) is 0 Å². The van der Waals surface area contributed by atoms with Crippen molar-refractivity contribution in [3.05, 3.63) is 35.4 Å². The Bertz CT molecular complexity index is 606. The molecule has 0 aliphatic carbocycles. The van der Waals surface area contributed by atoms with E-state index >= 15 is 0 Å². The van der Waals surface area contributed by atoms with Crippen LogP contribution in [0.5, 0.6) is 0 Å². The Morgan fingerprint density at radius 1 is 1.11 bits per heavy atom. The number of likely N-dealkylation sites (tertiary alicyclic amines) is 1. The van der Waals surface area contributed by atoms with Gasteiger partial charge in [-0.3, -0.25) is 9.89 Å². The first-order chi connectivity index (χ1) is 13.3. The lowest BCUT2D eigenvalue weighted by molar-refractivity contribution is 0.0341. The van der Waals surface area contributed by atoms with E-state index in [0.717, 1.165) is 64.4 Å². The highest BCUT2D eigenvalue weighted by molar-refractivity contribution is 14.0. The lowest BCUT2D eigenvalue weighted by Gasteiger charge is -2.27. The van der Waals surface area contributed by atoms with E-state index in [-0.39, 0.29) is 24.0 Å². The first-order valence-electron chi connectivity index (χ1n) is 10.3. The van der Waals surface area contributed by atoms with E-state index in [9.17, 15) is 0 Å². The zero-order chi connectivity index (χ0) is 18.9.